The van der Waals surface area contributed by atoms with Crippen molar-refractivity contribution in [2.45, 2.75) is 37.8 Å². The molecule has 0 bridgehead atoms. The fourth-order valence-electron chi connectivity index (χ4n) is 3.53. The molecule has 2 aliphatic rings. The first-order valence-electron chi connectivity index (χ1n) is 9.18. The summed E-state index contributed by atoms with van der Waals surface area (Å²) < 4.78 is 11.1. The number of carbonyl (C=O) groups is 1. The number of hydrogen-bond acceptors (Lipinski definition) is 4. The van der Waals surface area contributed by atoms with Crippen LogP contribution in [0.1, 0.15) is 37.3 Å². The second kappa shape index (κ2) is 9.53. The molecule has 6 heteroatoms. The number of nitrogens with zero attached hydrogens (tertiary/aromatic N) is 1. The Hall–Kier alpha value is -1.14. The molecule has 1 amide bonds. The fourth-order valence-corrected chi connectivity index (χ4v) is 3.79. The van der Waals surface area contributed by atoms with Crippen LogP contribution in [0.5, 0.6) is 0 Å². The van der Waals surface area contributed by atoms with Crippen molar-refractivity contribution in [1.82, 2.24) is 10.2 Å². The maximum absolute atomic E-state index is 12.3. The minimum atomic E-state index is 0.0530. The summed E-state index contributed by atoms with van der Waals surface area (Å²) in [5.41, 5.74) is 1.06. The van der Waals surface area contributed by atoms with E-state index in [9.17, 15) is 4.79 Å². The highest BCUT2D eigenvalue weighted by atomic mass is 35.5. The van der Waals surface area contributed by atoms with Gasteiger partial charge in [0.25, 0.3) is 0 Å². The Morgan fingerprint density at radius 3 is 2.76 bits per heavy atom. The van der Waals surface area contributed by atoms with Crippen LogP contribution in [0.3, 0.4) is 0 Å². The third kappa shape index (κ3) is 5.42. The molecule has 0 spiro atoms. The molecule has 1 aromatic rings. The lowest BCUT2D eigenvalue weighted by atomic mass is 10.0. The summed E-state index contributed by atoms with van der Waals surface area (Å²) in [6.07, 6.45) is 3.73. The van der Waals surface area contributed by atoms with E-state index in [-0.39, 0.29) is 18.1 Å². The average Bonchev–Trinajstić information content (AvgIpc) is 2.65. The predicted molar refractivity (Wildman–Crippen MR) is 97.8 cm³/mol. The van der Waals surface area contributed by atoms with Crippen molar-refractivity contribution < 1.29 is 14.3 Å². The van der Waals surface area contributed by atoms with E-state index in [0.717, 1.165) is 49.5 Å². The summed E-state index contributed by atoms with van der Waals surface area (Å²) in [5, 5.41) is 3.83. The van der Waals surface area contributed by atoms with Crippen molar-refractivity contribution in [3.05, 3.63) is 34.9 Å². The molecule has 0 radical (unpaired) electrons. The van der Waals surface area contributed by atoms with Gasteiger partial charge in [-0.05, 0) is 30.9 Å². The molecule has 2 fully saturated rings. The minimum absolute atomic E-state index is 0.0530. The molecule has 2 atom stereocenters. The van der Waals surface area contributed by atoms with Crippen LogP contribution in [0, 0.1) is 0 Å². The molecule has 2 unspecified atom stereocenters. The van der Waals surface area contributed by atoms with Gasteiger partial charge in [-0.2, -0.15) is 0 Å². The molecule has 138 valence electrons. The molecule has 2 saturated heterocycles. The summed E-state index contributed by atoms with van der Waals surface area (Å²) in [5.74, 6) is 0.0530. The maximum Gasteiger partial charge on any atom is 0.222 e. The number of amides is 1. The van der Waals surface area contributed by atoms with Gasteiger partial charge in [0.2, 0.25) is 5.91 Å². The van der Waals surface area contributed by atoms with Gasteiger partial charge in [-0.15, -0.1) is 0 Å². The van der Waals surface area contributed by atoms with E-state index in [2.05, 4.69) is 10.2 Å². The molecule has 0 aliphatic carbocycles. The average molecular weight is 367 g/mol. The van der Waals surface area contributed by atoms with Gasteiger partial charge >= 0.3 is 0 Å². The summed E-state index contributed by atoms with van der Waals surface area (Å²) in [4.78, 5) is 14.7. The smallest absolute Gasteiger partial charge is 0.222 e. The van der Waals surface area contributed by atoms with Crippen molar-refractivity contribution in [3.63, 3.8) is 0 Å². The molecule has 0 aromatic heterocycles. The van der Waals surface area contributed by atoms with E-state index in [1.807, 2.05) is 24.3 Å². The highest BCUT2D eigenvalue weighted by Gasteiger charge is 2.25. The number of carbonyl (C=O) groups excluding carboxylic acids is 1. The summed E-state index contributed by atoms with van der Waals surface area (Å²) in [6.45, 7) is 4.44. The van der Waals surface area contributed by atoms with Crippen molar-refractivity contribution in [3.8, 4) is 0 Å². The first-order chi connectivity index (χ1) is 12.2. The predicted octanol–water partition coefficient (Wildman–Crippen LogP) is 2.79. The second-order valence-electron chi connectivity index (χ2n) is 6.68. The molecule has 5 nitrogen and oxygen atoms in total. The van der Waals surface area contributed by atoms with Gasteiger partial charge in [0.15, 0.2) is 0 Å². The summed E-state index contributed by atoms with van der Waals surface area (Å²) in [7, 11) is 0. The van der Waals surface area contributed by atoms with Crippen LogP contribution in [-0.2, 0) is 14.3 Å². The number of morpholine rings is 1. The van der Waals surface area contributed by atoms with E-state index in [0.29, 0.717) is 26.2 Å². The Bertz CT molecular complexity index is 557. The Morgan fingerprint density at radius 1 is 1.24 bits per heavy atom. The Morgan fingerprint density at radius 2 is 2.04 bits per heavy atom. The highest BCUT2D eigenvalue weighted by molar-refractivity contribution is 6.31. The minimum Gasteiger partial charge on any atom is -0.379 e. The standard InChI is InChI=1S/C19H27ClN2O3/c20-17-7-2-1-6-16(17)18(22-8-11-24-12-9-22)14-21-19(23)13-15-5-3-4-10-25-15/h1-2,6-7,15,18H,3-5,8-14H2,(H,21,23). The Kier molecular flexibility index (Phi) is 7.11. The largest absolute Gasteiger partial charge is 0.379 e. The van der Waals surface area contributed by atoms with Gasteiger partial charge in [0.05, 0.1) is 31.8 Å². The lowest BCUT2D eigenvalue weighted by molar-refractivity contribution is -0.125. The number of hydrogen-bond donors (Lipinski definition) is 1. The quantitative estimate of drug-likeness (QED) is 0.841. The van der Waals surface area contributed by atoms with Gasteiger partial charge in [-0.3, -0.25) is 9.69 Å². The van der Waals surface area contributed by atoms with Gasteiger partial charge in [0, 0.05) is 31.3 Å². The number of benzene rings is 1. The van der Waals surface area contributed by atoms with Crippen LogP contribution in [0.2, 0.25) is 5.02 Å². The SMILES string of the molecule is O=C(CC1CCCCO1)NCC(c1ccccc1Cl)N1CCOCC1. The zero-order valence-electron chi connectivity index (χ0n) is 14.6. The lowest BCUT2D eigenvalue weighted by Crippen LogP contribution is -2.44. The van der Waals surface area contributed by atoms with E-state index < -0.39 is 0 Å². The topological polar surface area (TPSA) is 50.8 Å². The van der Waals surface area contributed by atoms with Crippen LogP contribution in [0.25, 0.3) is 0 Å². The van der Waals surface area contributed by atoms with E-state index in [4.69, 9.17) is 21.1 Å². The van der Waals surface area contributed by atoms with Crippen molar-refractivity contribution >= 4 is 17.5 Å². The van der Waals surface area contributed by atoms with E-state index >= 15 is 0 Å². The molecule has 0 saturated carbocycles. The molecule has 1 N–H and O–H groups in total. The molecule has 3 rings (SSSR count). The van der Waals surface area contributed by atoms with Crippen LogP contribution < -0.4 is 5.32 Å². The number of ether oxygens (including phenoxy) is 2. The van der Waals surface area contributed by atoms with Gasteiger partial charge < -0.3 is 14.8 Å². The first-order valence-corrected chi connectivity index (χ1v) is 9.56. The molecule has 1 aromatic carbocycles. The molecule has 25 heavy (non-hydrogen) atoms. The lowest BCUT2D eigenvalue weighted by Gasteiger charge is -2.35. The van der Waals surface area contributed by atoms with Gasteiger partial charge in [-0.1, -0.05) is 29.8 Å². The van der Waals surface area contributed by atoms with Crippen LogP contribution in [-0.4, -0.2) is 56.4 Å². The number of halogens is 1. The van der Waals surface area contributed by atoms with E-state index in [1.54, 1.807) is 0 Å². The van der Waals surface area contributed by atoms with Gasteiger partial charge in [-0.25, -0.2) is 0 Å². The van der Waals surface area contributed by atoms with E-state index in [1.165, 1.54) is 0 Å². The Labute approximate surface area is 154 Å². The summed E-state index contributed by atoms with van der Waals surface area (Å²) >= 11 is 6.42. The zero-order chi connectivity index (χ0) is 17.5. The van der Waals surface area contributed by atoms with Crippen LogP contribution in [0.4, 0.5) is 0 Å². The highest BCUT2D eigenvalue weighted by Crippen LogP contribution is 2.28. The van der Waals surface area contributed by atoms with Crippen molar-refractivity contribution in [2.24, 2.45) is 0 Å². The number of nitrogens with one attached hydrogen (secondary N) is 1. The molecule has 2 aliphatic heterocycles. The zero-order valence-corrected chi connectivity index (χ0v) is 15.3. The monoisotopic (exact) mass is 366 g/mol. The van der Waals surface area contributed by atoms with Crippen molar-refractivity contribution in [1.29, 1.82) is 0 Å². The second-order valence-corrected chi connectivity index (χ2v) is 7.09. The molecular weight excluding hydrogens is 340 g/mol. The van der Waals surface area contributed by atoms with Crippen molar-refractivity contribution in [2.75, 3.05) is 39.5 Å². The maximum atomic E-state index is 12.3. The molecular formula is C19H27ClN2O3. The van der Waals surface area contributed by atoms with Crippen LogP contribution in [0.15, 0.2) is 24.3 Å². The molecule has 2 heterocycles. The summed E-state index contributed by atoms with van der Waals surface area (Å²) in [6, 6.07) is 7.93. The van der Waals surface area contributed by atoms with Gasteiger partial charge in [0.1, 0.15) is 0 Å². The normalized spacial score (nSPS) is 23.2. The Balaban J connectivity index is 1.61. The fraction of sp³-hybridized carbons (Fsp3) is 0.632. The number of rotatable bonds is 6. The third-order valence-electron chi connectivity index (χ3n) is 4.93. The first kappa shape index (κ1) is 18.6. The van der Waals surface area contributed by atoms with Crippen LogP contribution >= 0.6 is 11.6 Å². The third-order valence-corrected chi connectivity index (χ3v) is 5.27.